The third-order valence-electron chi connectivity index (χ3n) is 2.32. The Hall–Kier alpha value is -2.10. The van der Waals surface area contributed by atoms with Crippen molar-refractivity contribution in [1.82, 2.24) is 9.97 Å². The molecule has 0 saturated heterocycles. The fourth-order valence-electron chi connectivity index (χ4n) is 1.45. The number of aryl methyl sites for hydroxylation is 1. The van der Waals surface area contributed by atoms with Gasteiger partial charge in [-0.1, -0.05) is 19.1 Å². The van der Waals surface area contributed by atoms with Gasteiger partial charge in [-0.15, -0.1) is 0 Å². The molecule has 0 fully saturated rings. The SMILES string of the molecule is CCc1cccc(Nc2nccnc2N)c1. The zero-order valence-electron chi connectivity index (χ0n) is 9.14. The van der Waals surface area contributed by atoms with E-state index < -0.39 is 0 Å². The fourth-order valence-corrected chi connectivity index (χ4v) is 1.45. The molecule has 0 aliphatic carbocycles. The Labute approximate surface area is 94.5 Å². The summed E-state index contributed by atoms with van der Waals surface area (Å²) >= 11 is 0. The molecule has 2 rings (SSSR count). The van der Waals surface area contributed by atoms with E-state index in [-0.39, 0.29) is 0 Å². The maximum absolute atomic E-state index is 5.70. The summed E-state index contributed by atoms with van der Waals surface area (Å²) in [6.45, 7) is 2.12. The number of aromatic nitrogens is 2. The van der Waals surface area contributed by atoms with Gasteiger partial charge in [0.1, 0.15) is 0 Å². The fraction of sp³-hybridized carbons (Fsp3) is 0.167. The molecule has 0 atom stereocenters. The standard InChI is InChI=1S/C12H14N4/c1-2-9-4-3-5-10(8-9)16-12-11(13)14-6-7-15-12/h3-8H,2H2,1H3,(H2,13,14)(H,15,16). The van der Waals surface area contributed by atoms with Gasteiger partial charge >= 0.3 is 0 Å². The van der Waals surface area contributed by atoms with Gasteiger partial charge in [0.05, 0.1) is 0 Å². The van der Waals surface area contributed by atoms with E-state index in [4.69, 9.17) is 5.73 Å². The summed E-state index contributed by atoms with van der Waals surface area (Å²) in [6, 6.07) is 8.15. The molecule has 0 saturated carbocycles. The van der Waals surface area contributed by atoms with Crippen LogP contribution in [0.1, 0.15) is 12.5 Å². The lowest BCUT2D eigenvalue weighted by atomic mass is 10.1. The van der Waals surface area contributed by atoms with E-state index in [1.54, 1.807) is 12.4 Å². The van der Waals surface area contributed by atoms with Crippen LogP contribution in [0.3, 0.4) is 0 Å². The number of anilines is 3. The van der Waals surface area contributed by atoms with Crippen LogP contribution in [0.4, 0.5) is 17.3 Å². The topological polar surface area (TPSA) is 63.8 Å². The maximum Gasteiger partial charge on any atom is 0.173 e. The average Bonchev–Trinajstić information content (AvgIpc) is 2.32. The Morgan fingerprint density at radius 3 is 2.81 bits per heavy atom. The summed E-state index contributed by atoms with van der Waals surface area (Å²) in [4.78, 5) is 8.10. The minimum atomic E-state index is 0.407. The van der Waals surface area contributed by atoms with E-state index in [9.17, 15) is 0 Å². The lowest BCUT2D eigenvalue weighted by Gasteiger charge is -2.07. The van der Waals surface area contributed by atoms with Crippen molar-refractivity contribution >= 4 is 17.3 Å². The Kier molecular flexibility index (Phi) is 3.00. The van der Waals surface area contributed by atoms with Crippen molar-refractivity contribution in [3.05, 3.63) is 42.2 Å². The molecule has 0 radical (unpaired) electrons. The normalized spacial score (nSPS) is 10.1. The second-order valence-electron chi connectivity index (χ2n) is 3.47. The van der Waals surface area contributed by atoms with Crippen LogP contribution in [-0.4, -0.2) is 9.97 Å². The number of nitrogen functional groups attached to an aromatic ring is 1. The van der Waals surface area contributed by atoms with E-state index in [1.165, 1.54) is 5.56 Å². The minimum absolute atomic E-state index is 0.407. The van der Waals surface area contributed by atoms with Gasteiger partial charge in [0, 0.05) is 18.1 Å². The van der Waals surface area contributed by atoms with Gasteiger partial charge in [-0.2, -0.15) is 0 Å². The lowest BCUT2D eigenvalue weighted by molar-refractivity contribution is 1.14. The molecule has 0 bridgehead atoms. The highest BCUT2D eigenvalue weighted by atomic mass is 15.0. The van der Waals surface area contributed by atoms with Crippen molar-refractivity contribution in [1.29, 1.82) is 0 Å². The molecule has 0 aliphatic rings. The first-order chi connectivity index (χ1) is 7.79. The number of nitrogens with two attached hydrogens (primary N) is 1. The van der Waals surface area contributed by atoms with Crippen molar-refractivity contribution in [3.63, 3.8) is 0 Å². The molecule has 1 aromatic carbocycles. The summed E-state index contributed by atoms with van der Waals surface area (Å²) < 4.78 is 0. The minimum Gasteiger partial charge on any atom is -0.381 e. The molecule has 0 spiro atoms. The highest BCUT2D eigenvalue weighted by Gasteiger charge is 2.01. The number of hydrogen-bond donors (Lipinski definition) is 2. The Balaban J connectivity index is 2.24. The predicted molar refractivity (Wildman–Crippen MR) is 65.5 cm³/mol. The van der Waals surface area contributed by atoms with Gasteiger partial charge < -0.3 is 11.1 Å². The summed E-state index contributed by atoms with van der Waals surface area (Å²) in [7, 11) is 0. The van der Waals surface area contributed by atoms with E-state index in [0.29, 0.717) is 11.6 Å². The van der Waals surface area contributed by atoms with E-state index >= 15 is 0 Å². The zero-order valence-corrected chi connectivity index (χ0v) is 9.14. The second kappa shape index (κ2) is 4.61. The smallest absolute Gasteiger partial charge is 0.173 e. The Morgan fingerprint density at radius 2 is 2.06 bits per heavy atom. The number of hydrogen-bond acceptors (Lipinski definition) is 4. The largest absolute Gasteiger partial charge is 0.381 e. The van der Waals surface area contributed by atoms with Crippen molar-refractivity contribution in [2.45, 2.75) is 13.3 Å². The van der Waals surface area contributed by atoms with Crippen LogP contribution >= 0.6 is 0 Å². The lowest BCUT2D eigenvalue weighted by Crippen LogP contribution is -2.00. The van der Waals surface area contributed by atoms with Crippen LogP contribution in [0.25, 0.3) is 0 Å². The number of rotatable bonds is 3. The molecule has 0 unspecified atom stereocenters. The first-order valence-electron chi connectivity index (χ1n) is 5.22. The molecule has 2 aromatic rings. The van der Waals surface area contributed by atoms with Gasteiger partial charge in [0.2, 0.25) is 0 Å². The quantitative estimate of drug-likeness (QED) is 0.823. The van der Waals surface area contributed by atoms with Gasteiger partial charge in [0.25, 0.3) is 0 Å². The van der Waals surface area contributed by atoms with Crippen molar-refractivity contribution in [2.24, 2.45) is 0 Å². The summed E-state index contributed by atoms with van der Waals surface area (Å²) in [6.07, 6.45) is 4.19. The molecule has 4 heteroatoms. The highest BCUT2D eigenvalue weighted by Crippen LogP contribution is 2.19. The molecule has 3 N–H and O–H groups in total. The predicted octanol–water partition coefficient (Wildman–Crippen LogP) is 2.36. The zero-order chi connectivity index (χ0) is 11.4. The van der Waals surface area contributed by atoms with Gasteiger partial charge in [-0.25, -0.2) is 9.97 Å². The van der Waals surface area contributed by atoms with Gasteiger partial charge in [0.15, 0.2) is 11.6 Å². The van der Waals surface area contributed by atoms with Crippen LogP contribution in [0, 0.1) is 0 Å². The number of benzene rings is 1. The molecule has 1 heterocycles. The van der Waals surface area contributed by atoms with Crippen molar-refractivity contribution in [3.8, 4) is 0 Å². The van der Waals surface area contributed by atoms with E-state index in [0.717, 1.165) is 12.1 Å². The van der Waals surface area contributed by atoms with Crippen molar-refractivity contribution < 1.29 is 0 Å². The average molecular weight is 214 g/mol. The summed E-state index contributed by atoms with van der Waals surface area (Å²) in [5, 5.41) is 3.15. The van der Waals surface area contributed by atoms with Crippen LogP contribution in [0.2, 0.25) is 0 Å². The molecule has 16 heavy (non-hydrogen) atoms. The molecule has 0 amide bonds. The summed E-state index contributed by atoms with van der Waals surface area (Å²) in [5.74, 6) is 1.00. The van der Waals surface area contributed by atoms with Crippen molar-refractivity contribution in [2.75, 3.05) is 11.1 Å². The monoisotopic (exact) mass is 214 g/mol. The van der Waals surface area contributed by atoms with Gasteiger partial charge in [-0.05, 0) is 24.1 Å². The maximum atomic E-state index is 5.70. The molecule has 0 aliphatic heterocycles. The molecule has 82 valence electrons. The third-order valence-corrected chi connectivity index (χ3v) is 2.32. The Bertz CT molecular complexity index is 482. The summed E-state index contributed by atoms with van der Waals surface area (Å²) in [5.41, 5.74) is 7.95. The van der Waals surface area contributed by atoms with E-state index in [1.807, 2.05) is 12.1 Å². The first-order valence-corrected chi connectivity index (χ1v) is 5.22. The molecule has 4 nitrogen and oxygen atoms in total. The highest BCUT2D eigenvalue weighted by molar-refractivity contribution is 5.65. The molecular weight excluding hydrogens is 200 g/mol. The van der Waals surface area contributed by atoms with Crippen LogP contribution in [0.15, 0.2) is 36.7 Å². The number of nitrogens with zero attached hydrogens (tertiary/aromatic N) is 2. The second-order valence-corrected chi connectivity index (χ2v) is 3.47. The Morgan fingerprint density at radius 1 is 1.25 bits per heavy atom. The third kappa shape index (κ3) is 2.28. The van der Waals surface area contributed by atoms with E-state index in [2.05, 4.69) is 34.3 Å². The number of nitrogens with one attached hydrogen (secondary N) is 1. The van der Waals surface area contributed by atoms with Crippen LogP contribution < -0.4 is 11.1 Å². The molecular formula is C12H14N4. The molecule has 1 aromatic heterocycles. The van der Waals surface area contributed by atoms with Gasteiger partial charge in [-0.3, -0.25) is 0 Å². The van der Waals surface area contributed by atoms with Crippen LogP contribution in [-0.2, 0) is 6.42 Å². The first kappa shape index (κ1) is 10.4. The van der Waals surface area contributed by atoms with Crippen LogP contribution in [0.5, 0.6) is 0 Å².